The number of benzene rings is 1. The first-order valence-electron chi connectivity index (χ1n) is 7.14. The van der Waals surface area contributed by atoms with Crippen LogP contribution in [0.3, 0.4) is 0 Å². The van der Waals surface area contributed by atoms with Gasteiger partial charge in [-0.2, -0.15) is 17.0 Å². The van der Waals surface area contributed by atoms with Crippen molar-refractivity contribution in [3.8, 4) is 11.8 Å². The summed E-state index contributed by atoms with van der Waals surface area (Å²) in [6, 6.07) is 11.8. The van der Waals surface area contributed by atoms with Crippen molar-refractivity contribution in [1.82, 2.24) is 5.32 Å². The largest absolute Gasteiger partial charge is 0.494 e. The van der Waals surface area contributed by atoms with E-state index in [1.807, 2.05) is 37.3 Å². The average Bonchev–Trinajstić information content (AvgIpc) is 2.97. The van der Waals surface area contributed by atoms with Gasteiger partial charge in [-0.25, -0.2) is 0 Å². The first kappa shape index (κ1) is 15.7. The predicted molar refractivity (Wildman–Crippen MR) is 84.1 cm³/mol. The lowest BCUT2D eigenvalue weighted by Crippen LogP contribution is -2.49. The van der Waals surface area contributed by atoms with Gasteiger partial charge in [0.1, 0.15) is 11.3 Å². The van der Waals surface area contributed by atoms with Crippen LogP contribution >= 0.6 is 11.8 Å². The van der Waals surface area contributed by atoms with Crippen molar-refractivity contribution in [3.05, 3.63) is 30.3 Å². The zero-order valence-electron chi connectivity index (χ0n) is 12.2. The highest BCUT2D eigenvalue weighted by Crippen LogP contribution is 2.27. The fourth-order valence-electron chi connectivity index (χ4n) is 2.14. The van der Waals surface area contributed by atoms with Crippen molar-refractivity contribution < 1.29 is 9.53 Å². The van der Waals surface area contributed by atoms with Crippen LogP contribution in [0.25, 0.3) is 0 Å². The Hall–Kier alpha value is -1.67. The molecule has 1 saturated heterocycles. The summed E-state index contributed by atoms with van der Waals surface area (Å²) in [5.41, 5.74) is -0.670. The van der Waals surface area contributed by atoms with Crippen LogP contribution in [0.1, 0.15) is 19.8 Å². The van der Waals surface area contributed by atoms with Gasteiger partial charge in [-0.05, 0) is 30.7 Å². The number of carbonyl (C=O) groups excluding carboxylic acids is 1. The molecular weight excluding hydrogens is 284 g/mol. The molecule has 1 aromatic rings. The van der Waals surface area contributed by atoms with E-state index in [1.165, 1.54) is 0 Å². The van der Waals surface area contributed by atoms with Crippen LogP contribution in [0, 0.1) is 17.2 Å². The molecule has 4 nitrogen and oxygen atoms in total. The predicted octanol–water partition coefficient (Wildman–Crippen LogP) is 2.61. The summed E-state index contributed by atoms with van der Waals surface area (Å²) >= 11 is 1.71. The molecule has 1 heterocycles. The third kappa shape index (κ3) is 4.40. The summed E-state index contributed by atoms with van der Waals surface area (Å²) in [5, 5.41) is 12.2. The fourth-order valence-corrected chi connectivity index (χ4v) is 3.41. The van der Waals surface area contributed by atoms with Gasteiger partial charge in [-0.1, -0.05) is 25.1 Å². The van der Waals surface area contributed by atoms with E-state index in [1.54, 1.807) is 11.8 Å². The second-order valence-corrected chi connectivity index (χ2v) is 6.44. The smallest absolute Gasteiger partial charge is 0.224 e. The Morgan fingerprint density at radius 1 is 1.52 bits per heavy atom. The zero-order valence-corrected chi connectivity index (χ0v) is 13.0. The summed E-state index contributed by atoms with van der Waals surface area (Å²) < 4.78 is 5.60. The van der Waals surface area contributed by atoms with Crippen LogP contribution in [-0.2, 0) is 4.79 Å². The van der Waals surface area contributed by atoms with E-state index in [9.17, 15) is 10.1 Å². The van der Waals surface area contributed by atoms with E-state index in [0.29, 0.717) is 18.8 Å². The van der Waals surface area contributed by atoms with E-state index < -0.39 is 5.54 Å². The topological polar surface area (TPSA) is 62.1 Å². The number of para-hydroxylation sites is 1. The number of nitrogens with zero attached hydrogens (tertiary/aromatic N) is 1. The molecule has 0 aliphatic carbocycles. The Labute approximate surface area is 129 Å². The quantitative estimate of drug-likeness (QED) is 0.877. The minimum absolute atomic E-state index is 0.0595. The number of nitriles is 1. The van der Waals surface area contributed by atoms with Gasteiger partial charge in [0.05, 0.1) is 12.7 Å². The first-order valence-corrected chi connectivity index (χ1v) is 8.29. The van der Waals surface area contributed by atoms with Gasteiger partial charge in [0.15, 0.2) is 0 Å². The monoisotopic (exact) mass is 304 g/mol. The molecule has 1 amide bonds. The lowest BCUT2D eigenvalue weighted by atomic mass is 9.99. The van der Waals surface area contributed by atoms with Gasteiger partial charge in [-0.3, -0.25) is 4.79 Å². The molecule has 1 aliphatic rings. The molecule has 2 atom stereocenters. The number of hydrogen-bond donors (Lipinski definition) is 1. The highest BCUT2D eigenvalue weighted by atomic mass is 32.2. The number of rotatable bonds is 6. The Balaban J connectivity index is 1.76. The van der Waals surface area contributed by atoms with Crippen LogP contribution in [0.5, 0.6) is 5.75 Å². The second-order valence-electron chi connectivity index (χ2n) is 5.34. The lowest BCUT2D eigenvalue weighted by Gasteiger charge is -2.23. The number of thioether (sulfide) groups is 1. The summed E-state index contributed by atoms with van der Waals surface area (Å²) in [4.78, 5) is 12.2. The molecule has 0 aromatic heterocycles. The molecule has 1 N–H and O–H groups in total. The van der Waals surface area contributed by atoms with E-state index in [0.717, 1.165) is 17.9 Å². The molecule has 5 heteroatoms. The number of nitrogens with one attached hydrogen (secondary N) is 1. The SMILES string of the molecule is CC(CCOc1ccccc1)C(=O)NC1(C#N)CCSC1. The lowest BCUT2D eigenvalue weighted by molar-refractivity contribution is -0.126. The second kappa shape index (κ2) is 7.37. The molecule has 0 radical (unpaired) electrons. The average molecular weight is 304 g/mol. The highest BCUT2D eigenvalue weighted by Gasteiger charge is 2.36. The maximum Gasteiger partial charge on any atom is 0.224 e. The van der Waals surface area contributed by atoms with Crippen LogP contribution < -0.4 is 10.1 Å². The molecule has 0 spiro atoms. The van der Waals surface area contributed by atoms with Gasteiger partial charge in [0, 0.05) is 11.7 Å². The van der Waals surface area contributed by atoms with Crippen LogP contribution in [0.2, 0.25) is 0 Å². The van der Waals surface area contributed by atoms with Gasteiger partial charge >= 0.3 is 0 Å². The third-order valence-electron chi connectivity index (χ3n) is 3.61. The van der Waals surface area contributed by atoms with Crippen molar-refractivity contribution >= 4 is 17.7 Å². The minimum atomic E-state index is -0.670. The standard InChI is InChI=1S/C16H20N2O2S/c1-13(7-9-20-14-5-3-2-4-6-14)15(19)18-16(11-17)8-10-21-12-16/h2-6,13H,7-10,12H2,1H3,(H,18,19). The Bertz CT molecular complexity index is 507. The molecule has 1 aliphatic heterocycles. The molecule has 2 unspecified atom stereocenters. The minimum Gasteiger partial charge on any atom is -0.494 e. The van der Waals surface area contributed by atoms with Crippen LogP contribution in [0.4, 0.5) is 0 Å². The van der Waals surface area contributed by atoms with Crippen molar-refractivity contribution in [3.63, 3.8) is 0 Å². The summed E-state index contributed by atoms with van der Waals surface area (Å²) in [5.74, 6) is 2.20. The van der Waals surface area contributed by atoms with Crippen molar-refractivity contribution in [2.24, 2.45) is 5.92 Å². The number of amides is 1. The normalized spacial score (nSPS) is 22.3. The van der Waals surface area contributed by atoms with Gasteiger partial charge < -0.3 is 10.1 Å². The van der Waals surface area contributed by atoms with Gasteiger partial charge in [0.2, 0.25) is 5.91 Å². The fraction of sp³-hybridized carbons (Fsp3) is 0.500. The Morgan fingerprint density at radius 3 is 2.90 bits per heavy atom. The molecule has 0 bridgehead atoms. The number of hydrogen-bond acceptors (Lipinski definition) is 4. The molecule has 1 fully saturated rings. The molecule has 21 heavy (non-hydrogen) atoms. The number of carbonyl (C=O) groups is 1. The number of ether oxygens (including phenoxy) is 1. The maximum atomic E-state index is 12.2. The molecule has 112 valence electrons. The highest BCUT2D eigenvalue weighted by molar-refractivity contribution is 7.99. The van der Waals surface area contributed by atoms with Crippen molar-refractivity contribution in [2.75, 3.05) is 18.1 Å². The van der Waals surface area contributed by atoms with Crippen LogP contribution in [-0.4, -0.2) is 29.6 Å². The van der Waals surface area contributed by atoms with E-state index >= 15 is 0 Å². The van der Waals surface area contributed by atoms with Crippen molar-refractivity contribution in [2.45, 2.75) is 25.3 Å². The Morgan fingerprint density at radius 2 is 2.29 bits per heavy atom. The van der Waals surface area contributed by atoms with Gasteiger partial charge in [-0.15, -0.1) is 0 Å². The summed E-state index contributed by atoms with van der Waals surface area (Å²) in [6.45, 7) is 2.36. The molecule has 0 saturated carbocycles. The van der Waals surface area contributed by atoms with Crippen LogP contribution in [0.15, 0.2) is 30.3 Å². The Kier molecular flexibility index (Phi) is 5.51. The summed E-state index contributed by atoms with van der Waals surface area (Å²) in [6.07, 6.45) is 1.36. The zero-order chi connectivity index (χ0) is 15.1. The maximum absolute atomic E-state index is 12.2. The summed E-state index contributed by atoms with van der Waals surface area (Å²) in [7, 11) is 0. The molecule has 1 aromatic carbocycles. The molecular formula is C16H20N2O2S. The van der Waals surface area contributed by atoms with Gasteiger partial charge in [0.25, 0.3) is 0 Å². The van der Waals surface area contributed by atoms with Crippen molar-refractivity contribution in [1.29, 1.82) is 5.26 Å². The third-order valence-corrected chi connectivity index (χ3v) is 4.80. The van der Waals surface area contributed by atoms with E-state index in [-0.39, 0.29) is 11.8 Å². The van der Waals surface area contributed by atoms with E-state index in [2.05, 4.69) is 11.4 Å². The molecule has 2 rings (SSSR count). The van der Waals surface area contributed by atoms with E-state index in [4.69, 9.17) is 4.74 Å². The first-order chi connectivity index (χ1) is 10.2.